The van der Waals surface area contributed by atoms with Crippen LogP contribution >= 0.6 is 0 Å². The van der Waals surface area contributed by atoms with E-state index in [-0.39, 0.29) is 12.0 Å². The number of aliphatic hydroxyl groups excluding tert-OH is 1. The van der Waals surface area contributed by atoms with Gasteiger partial charge in [0, 0.05) is 12.5 Å². The molecule has 2 aliphatic carbocycles. The average molecular weight is 221 g/mol. The van der Waals surface area contributed by atoms with Gasteiger partial charge in [-0.15, -0.1) is 0 Å². The molecule has 0 aromatic carbocycles. The summed E-state index contributed by atoms with van der Waals surface area (Å²) in [6, 6.07) is 0. The predicted molar refractivity (Wildman–Crippen MR) is 63.6 cm³/mol. The standard InChI is InChI=1S/C13H19NO2/c1-8(16-2)10-5-6-12(15)13-9(7-14)3-4-11(10)13/h3,5,11-13,15H,1,4,6-7,14H2,2H3. The number of rotatable bonds is 3. The van der Waals surface area contributed by atoms with E-state index in [2.05, 4.69) is 12.7 Å². The van der Waals surface area contributed by atoms with Crippen molar-refractivity contribution in [2.24, 2.45) is 17.6 Å². The largest absolute Gasteiger partial charge is 0.497 e. The van der Waals surface area contributed by atoms with Gasteiger partial charge in [-0.3, -0.25) is 0 Å². The molecule has 0 spiro atoms. The molecule has 2 rings (SSSR count). The lowest BCUT2D eigenvalue weighted by atomic mass is 9.75. The third-order valence-corrected chi connectivity index (χ3v) is 3.69. The van der Waals surface area contributed by atoms with Crippen LogP contribution in [0.2, 0.25) is 0 Å². The van der Waals surface area contributed by atoms with Gasteiger partial charge in [-0.2, -0.15) is 0 Å². The monoisotopic (exact) mass is 221 g/mol. The van der Waals surface area contributed by atoms with Crippen molar-refractivity contribution in [1.82, 2.24) is 0 Å². The van der Waals surface area contributed by atoms with Gasteiger partial charge in [-0.05, 0) is 24.3 Å². The van der Waals surface area contributed by atoms with Crippen molar-refractivity contribution in [3.05, 3.63) is 35.6 Å². The maximum absolute atomic E-state index is 10.0. The molecule has 0 amide bonds. The van der Waals surface area contributed by atoms with Crippen molar-refractivity contribution in [1.29, 1.82) is 0 Å². The maximum atomic E-state index is 10.0. The second-order valence-electron chi connectivity index (χ2n) is 4.44. The van der Waals surface area contributed by atoms with Crippen LogP contribution in [0, 0.1) is 11.8 Å². The fourth-order valence-corrected chi connectivity index (χ4v) is 2.86. The highest BCUT2D eigenvalue weighted by Gasteiger charge is 2.39. The number of hydrogen-bond donors (Lipinski definition) is 2. The first-order valence-corrected chi connectivity index (χ1v) is 5.69. The molecule has 2 aliphatic rings. The van der Waals surface area contributed by atoms with Crippen molar-refractivity contribution >= 4 is 0 Å². The Balaban J connectivity index is 2.26. The molecule has 3 atom stereocenters. The van der Waals surface area contributed by atoms with Crippen LogP contribution in [0.4, 0.5) is 0 Å². The van der Waals surface area contributed by atoms with Crippen LogP contribution in [0.5, 0.6) is 0 Å². The third-order valence-electron chi connectivity index (χ3n) is 3.69. The van der Waals surface area contributed by atoms with E-state index in [1.165, 1.54) is 5.57 Å². The average Bonchev–Trinajstić information content (AvgIpc) is 2.73. The molecule has 88 valence electrons. The number of hydrogen-bond acceptors (Lipinski definition) is 3. The summed E-state index contributed by atoms with van der Waals surface area (Å²) in [5.74, 6) is 1.18. The highest BCUT2D eigenvalue weighted by molar-refractivity contribution is 5.36. The zero-order valence-corrected chi connectivity index (χ0v) is 9.65. The van der Waals surface area contributed by atoms with Gasteiger partial charge >= 0.3 is 0 Å². The third kappa shape index (κ3) is 1.70. The van der Waals surface area contributed by atoms with Crippen LogP contribution in [0.25, 0.3) is 0 Å². The SMILES string of the molecule is C=C(OC)C1=CCC(O)C2C(CN)=CCC12. The summed E-state index contributed by atoms with van der Waals surface area (Å²) in [4.78, 5) is 0. The van der Waals surface area contributed by atoms with E-state index in [0.717, 1.165) is 12.0 Å². The van der Waals surface area contributed by atoms with E-state index in [1.54, 1.807) is 7.11 Å². The molecular formula is C13H19NO2. The molecule has 0 aromatic rings. The van der Waals surface area contributed by atoms with E-state index < -0.39 is 0 Å². The minimum atomic E-state index is -0.310. The van der Waals surface area contributed by atoms with Crippen molar-refractivity contribution < 1.29 is 9.84 Å². The van der Waals surface area contributed by atoms with Gasteiger partial charge in [-0.25, -0.2) is 0 Å². The molecule has 3 N–H and O–H groups in total. The van der Waals surface area contributed by atoms with Gasteiger partial charge in [0.2, 0.25) is 0 Å². The fraction of sp³-hybridized carbons (Fsp3) is 0.538. The first-order valence-electron chi connectivity index (χ1n) is 5.69. The molecule has 16 heavy (non-hydrogen) atoms. The van der Waals surface area contributed by atoms with Crippen LogP contribution in [0.3, 0.4) is 0 Å². The van der Waals surface area contributed by atoms with E-state index >= 15 is 0 Å². The summed E-state index contributed by atoms with van der Waals surface area (Å²) in [6.07, 6.45) is 5.49. The van der Waals surface area contributed by atoms with Gasteiger partial charge in [0.1, 0.15) is 5.76 Å². The van der Waals surface area contributed by atoms with E-state index in [0.29, 0.717) is 24.6 Å². The Morgan fingerprint density at radius 1 is 1.56 bits per heavy atom. The Kier molecular flexibility index (Phi) is 3.17. The molecule has 3 nitrogen and oxygen atoms in total. The molecule has 0 saturated heterocycles. The second kappa shape index (κ2) is 4.44. The summed E-state index contributed by atoms with van der Waals surface area (Å²) in [7, 11) is 1.63. The lowest BCUT2D eigenvalue weighted by molar-refractivity contribution is 0.0987. The zero-order valence-electron chi connectivity index (χ0n) is 9.65. The lowest BCUT2D eigenvalue weighted by Crippen LogP contribution is -2.33. The maximum Gasteiger partial charge on any atom is 0.114 e. The van der Waals surface area contributed by atoms with Gasteiger partial charge in [0.15, 0.2) is 0 Å². The Hall–Kier alpha value is -1.06. The number of allylic oxidation sites excluding steroid dienone is 2. The van der Waals surface area contributed by atoms with Gasteiger partial charge in [0.05, 0.1) is 13.2 Å². The Bertz CT molecular complexity index is 357. The van der Waals surface area contributed by atoms with E-state index in [4.69, 9.17) is 10.5 Å². The lowest BCUT2D eigenvalue weighted by Gasteiger charge is -2.33. The molecule has 0 radical (unpaired) electrons. The van der Waals surface area contributed by atoms with Gasteiger partial charge in [-0.1, -0.05) is 24.3 Å². The molecule has 0 heterocycles. The molecule has 0 fully saturated rings. The topological polar surface area (TPSA) is 55.5 Å². The van der Waals surface area contributed by atoms with Crippen molar-refractivity contribution in [3.8, 4) is 0 Å². The normalized spacial score (nSPS) is 32.8. The number of ether oxygens (including phenoxy) is 1. The van der Waals surface area contributed by atoms with Crippen molar-refractivity contribution in [2.75, 3.05) is 13.7 Å². The summed E-state index contributed by atoms with van der Waals surface area (Å²) in [6.45, 7) is 4.44. The van der Waals surface area contributed by atoms with Crippen LogP contribution in [-0.4, -0.2) is 24.9 Å². The minimum Gasteiger partial charge on any atom is -0.497 e. The van der Waals surface area contributed by atoms with Crippen molar-refractivity contribution in [2.45, 2.75) is 18.9 Å². The Labute approximate surface area is 96.3 Å². The summed E-state index contributed by atoms with van der Waals surface area (Å²) >= 11 is 0. The summed E-state index contributed by atoms with van der Waals surface area (Å²) in [5, 5.41) is 10.0. The Morgan fingerprint density at radius 3 is 2.94 bits per heavy atom. The van der Waals surface area contributed by atoms with Crippen LogP contribution in [0.1, 0.15) is 12.8 Å². The number of aliphatic hydroxyl groups is 1. The molecular weight excluding hydrogens is 202 g/mol. The quantitative estimate of drug-likeness (QED) is 0.559. The van der Waals surface area contributed by atoms with Gasteiger partial charge in [0.25, 0.3) is 0 Å². The van der Waals surface area contributed by atoms with E-state index in [9.17, 15) is 5.11 Å². The number of methoxy groups -OCH3 is 1. The van der Waals surface area contributed by atoms with Crippen molar-refractivity contribution in [3.63, 3.8) is 0 Å². The molecule has 0 saturated carbocycles. The summed E-state index contributed by atoms with van der Waals surface area (Å²) in [5.41, 5.74) is 8.01. The minimum absolute atomic E-state index is 0.164. The van der Waals surface area contributed by atoms with Crippen LogP contribution in [0.15, 0.2) is 35.6 Å². The Morgan fingerprint density at radius 2 is 2.31 bits per heavy atom. The molecule has 3 unspecified atom stereocenters. The highest BCUT2D eigenvalue weighted by atomic mass is 16.5. The predicted octanol–water partition coefficient (Wildman–Crippen LogP) is 1.36. The molecule has 0 aromatic heterocycles. The van der Waals surface area contributed by atoms with Crippen LogP contribution < -0.4 is 5.73 Å². The number of nitrogens with two attached hydrogens (primary N) is 1. The zero-order chi connectivity index (χ0) is 11.7. The van der Waals surface area contributed by atoms with Crippen LogP contribution in [-0.2, 0) is 4.74 Å². The van der Waals surface area contributed by atoms with Gasteiger partial charge < -0.3 is 15.6 Å². The second-order valence-corrected chi connectivity index (χ2v) is 4.44. The molecule has 0 bridgehead atoms. The van der Waals surface area contributed by atoms with E-state index in [1.807, 2.05) is 6.08 Å². The first kappa shape index (κ1) is 11.4. The summed E-state index contributed by atoms with van der Waals surface area (Å²) < 4.78 is 5.20. The first-order chi connectivity index (χ1) is 7.69. The molecule has 0 aliphatic heterocycles. The smallest absolute Gasteiger partial charge is 0.114 e. The fourth-order valence-electron chi connectivity index (χ4n) is 2.86. The highest BCUT2D eigenvalue weighted by Crippen LogP contribution is 2.44. The molecule has 3 heteroatoms. The number of fused-ring (bicyclic) bond motifs is 1.